The molecule has 1 aromatic rings. The van der Waals surface area contributed by atoms with Gasteiger partial charge in [0.2, 0.25) is 0 Å². The number of nitrogens with zero attached hydrogens (tertiary/aromatic N) is 2. The van der Waals surface area contributed by atoms with Crippen molar-refractivity contribution >= 4 is 0 Å². The van der Waals surface area contributed by atoms with Gasteiger partial charge >= 0.3 is 0 Å². The molecule has 0 unspecified atom stereocenters. The van der Waals surface area contributed by atoms with Crippen LogP contribution >= 0.6 is 0 Å². The molecule has 0 atom stereocenters. The molecule has 1 aliphatic rings. The van der Waals surface area contributed by atoms with Gasteiger partial charge in [-0.25, -0.2) is 0 Å². The Bertz CT molecular complexity index is 244. The Labute approximate surface area is 65.7 Å². The monoisotopic (exact) mass is 152 g/mol. The van der Waals surface area contributed by atoms with Crippen molar-refractivity contribution in [2.75, 3.05) is 0 Å². The van der Waals surface area contributed by atoms with Crippen molar-refractivity contribution in [2.45, 2.75) is 32.2 Å². The van der Waals surface area contributed by atoms with Crippen LogP contribution < -0.4 is 0 Å². The van der Waals surface area contributed by atoms with Crippen LogP contribution in [0.15, 0.2) is 6.20 Å². The molecule has 0 saturated heterocycles. The first-order chi connectivity index (χ1) is 5.27. The fourth-order valence-electron chi connectivity index (χ4n) is 1.31. The topological polar surface area (TPSA) is 38.0 Å². The molecule has 3 nitrogen and oxygen atoms in total. The summed E-state index contributed by atoms with van der Waals surface area (Å²) in [5.74, 6) is 0.317. The van der Waals surface area contributed by atoms with E-state index < -0.39 is 0 Å². The van der Waals surface area contributed by atoms with Gasteiger partial charge in [0, 0.05) is 0 Å². The molecule has 1 fully saturated rings. The van der Waals surface area contributed by atoms with E-state index in [1.54, 1.807) is 6.20 Å². The maximum Gasteiger partial charge on any atom is 0.156 e. The van der Waals surface area contributed by atoms with Gasteiger partial charge in [-0.15, -0.1) is 0 Å². The van der Waals surface area contributed by atoms with Gasteiger partial charge in [0.25, 0.3) is 0 Å². The van der Waals surface area contributed by atoms with E-state index in [1.807, 2.05) is 11.6 Å². The Morgan fingerprint density at radius 3 is 2.73 bits per heavy atom. The summed E-state index contributed by atoms with van der Waals surface area (Å²) >= 11 is 0. The van der Waals surface area contributed by atoms with Gasteiger partial charge in [0.15, 0.2) is 5.75 Å². The molecule has 1 aliphatic carbocycles. The summed E-state index contributed by atoms with van der Waals surface area (Å²) in [7, 11) is 0. The minimum Gasteiger partial charge on any atom is -0.504 e. The second-order valence-corrected chi connectivity index (χ2v) is 3.16. The molecule has 1 heterocycles. The summed E-state index contributed by atoms with van der Waals surface area (Å²) in [6.45, 7) is 1.82. The normalized spacial score (nSPS) is 18.3. The summed E-state index contributed by atoms with van der Waals surface area (Å²) < 4.78 is 1.88. The van der Waals surface area contributed by atoms with E-state index in [-0.39, 0.29) is 0 Å². The van der Waals surface area contributed by atoms with Crippen LogP contribution in [0.4, 0.5) is 0 Å². The minimum absolute atomic E-state index is 0.317. The highest BCUT2D eigenvalue weighted by Gasteiger charge is 2.20. The van der Waals surface area contributed by atoms with E-state index in [4.69, 9.17) is 0 Å². The Hall–Kier alpha value is -0.990. The zero-order valence-corrected chi connectivity index (χ0v) is 6.62. The quantitative estimate of drug-likeness (QED) is 0.664. The van der Waals surface area contributed by atoms with Crippen molar-refractivity contribution in [2.24, 2.45) is 0 Å². The first-order valence-electron chi connectivity index (χ1n) is 4.02. The van der Waals surface area contributed by atoms with Crippen LogP contribution in [0.5, 0.6) is 5.75 Å². The SMILES string of the molecule is Cc1nn(C2CCC2)cc1O. The molecule has 0 radical (unpaired) electrons. The Morgan fingerprint density at radius 2 is 2.36 bits per heavy atom. The molecule has 1 N–H and O–H groups in total. The zero-order valence-electron chi connectivity index (χ0n) is 6.62. The average molecular weight is 152 g/mol. The highest BCUT2D eigenvalue weighted by molar-refractivity contribution is 5.21. The maximum absolute atomic E-state index is 9.23. The molecule has 60 valence electrons. The van der Waals surface area contributed by atoms with Gasteiger partial charge in [0.05, 0.1) is 12.2 Å². The van der Waals surface area contributed by atoms with Crippen LogP contribution in [0, 0.1) is 6.92 Å². The number of aryl methyl sites for hydroxylation is 1. The molecule has 0 amide bonds. The van der Waals surface area contributed by atoms with Crippen LogP contribution in [0.3, 0.4) is 0 Å². The van der Waals surface area contributed by atoms with Gasteiger partial charge < -0.3 is 5.11 Å². The Balaban J connectivity index is 2.24. The second-order valence-electron chi connectivity index (χ2n) is 3.16. The molecular formula is C8H12N2O. The predicted octanol–water partition coefficient (Wildman–Crippen LogP) is 1.62. The molecule has 0 spiro atoms. The van der Waals surface area contributed by atoms with E-state index in [0.717, 1.165) is 5.69 Å². The van der Waals surface area contributed by atoms with E-state index in [0.29, 0.717) is 11.8 Å². The molecular weight excluding hydrogens is 140 g/mol. The molecule has 2 rings (SSSR count). The Morgan fingerprint density at radius 1 is 1.64 bits per heavy atom. The first kappa shape index (κ1) is 6.70. The van der Waals surface area contributed by atoms with Gasteiger partial charge in [0.1, 0.15) is 5.69 Å². The third-order valence-electron chi connectivity index (χ3n) is 2.34. The zero-order chi connectivity index (χ0) is 7.84. The summed E-state index contributed by atoms with van der Waals surface area (Å²) in [6, 6.07) is 0.551. The van der Waals surface area contributed by atoms with Crippen LogP contribution in [-0.4, -0.2) is 14.9 Å². The number of aromatic hydroxyl groups is 1. The highest BCUT2D eigenvalue weighted by Crippen LogP contribution is 2.32. The fourth-order valence-corrected chi connectivity index (χ4v) is 1.31. The second kappa shape index (κ2) is 2.26. The molecule has 3 heteroatoms. The van der Waals surface area contributed by atoms with Crippen molar-refractivity contribution in [3.05, 3.63) is 11.9 Å². The lowest BCUT2D eigenvalue weighted by atomic mass is 9.93. The van der Waals surface area contributed by atoms with Gasteiger partial charge in [-0.05, 0) is 26.2 Å². The fraction of sp³-hybridized carbons (Fsp3) is 0.625. The Kier molecular flexibility index (Phi) is 1.37. The largest absolute Gasteiger partial charge is 0.504 e. The molecule has 11 heavy (non-hydrogen) atoms. The van der Waals surface area contributed by atoms with Gasteiger partial charge in [-0.2, -0.15) is 5.10 Å². The van der Waals surface area contributed by atoms with E-state index in [9.17, 15) is 5.11 Å². The number of aromatic nitrogens is 2. The van der Waals surface area contributed by atoms with Crippen LogP contribution in [0.1, 0.15) is 31.0 Å². The highest BCUT2D eigenvalue weighted by atomic mass is 16.3. The summed E-state index contributed by atoms with van der Waals surface area (Å²) in [5.41, 5.74) is 0.733. The number of hydrogen-bond acceptors (Lipinski definition) is 2. The molecule has 0 bridgehead atoms. The van der Waals surface area contributed by atoms with Gasteiger partial charge in [-0.1, -0.05) is 0 Å². The van der Waals surface area contributed by atoms with Crippen molar-refractivity contribution in [3.8, 4) is 5.75 Å². The third-order valence-corrected chi connectivity index (χ3v) is 2.34. The van der Waals surface area contributed by atoms with E-state index >= 15 is 0 Å². The number of rotatable bonds is 1. The molecule has 1 aromatic heterocycles. The van der Waals surface area contributed by atoms with Crippen molar-refractivity contribution in [3.63, 3.8) is 0 Å². The minimum atomic E-state index is 0.317. The van der Waals surface area contributed by atoms with E-state index in [1.165, 1.54) is 19.3 Å². The van der Waals surface area contributed by atoms with Crippen molar-refractivity contribution < 1.29 is 5.11 Å². The van der Waals surface area contributed by atoms with Crippen molar-refractivity contribution in [1.29, 1.82) is 0 Å². The molecule has 0 aliphatic heterocycles. The average Bonchev–Trinajstić information content (AvgIpc) is 2.08. The lowest BCUT2D eigenvalue weighted by Crippen LogP contribution is -2.17. The third kappa shape index (κ3) is 1.00. The lowest BCUT2D eigenvalue weighted by molar-refractivity contribution is 0.288. The maximum atomic E-state index is 9.23. The molecule has 1 saturated carbocycles. The standard InChI is InChI=1S/C8H12N2O/c1-6-8(11)5-10(9-6)7-3-2-4-7/h5,7,11H,2-4H2,1H3. The smallest absolute Gasteiger partial charge is 0.156 e. The van der Waals surface area contributed by atoms with Crippen LogP contribution in [-0.2, 0) is 0 Å². The van der Waals surface area contributed by atoms with Crippen LogP contribution in [0.2, 0.25) is 0 Å². The van der Waals surface area contributed by atoms with Crippen LogP contribution in [0.25, 0.3) is 0 Å². The summed E-state index contributed by atoms with van der Waals surface area (Å²) in [5, 5.41) is 13.4. The number of hydrogen-bond donors (Lipinski definition) is 1. The first-order valence-corrected chi connectivity index (χ1v) is 4.02. The van der Waals surface area contributed by atoms with Gasteiger partial charge in [-0.3, -0.25) is 4.68 Å². The molecule has 0 aromatic carbocycles. The van der Waals surface area contributed by atoms with E-state index in [2.05, 4.69) is 5.10 Å². The summed E-state index contributed by atoms with van der Waals surface area (Å²) in [4.78, 5) is 0. The lowest BCUT2D eigenvalue weighted by Gasteiger charge is -2.25. The summed E-state index contributed by atoms with van der Waals surface area (Å²) in [6.07, 6.45) is 5.44. The predicted molar refractivity (Wildman–Crippen MR) is 41.5 cm³/mol. The van der Waals surface area contributed by atoms with Crippen molar-refractivity contribution in [1.82, 2.24) is 9.78 Å².